The number of hydrogen-bond donors (Lipinski definition) is 0. The monoisotopic (exact) mass is 301 g/mol. The number of fused-ring (bicyclic) bond motifs is 2. The molecule has 0 radical (unpaired) electrons. The summed E-state index contributed by atoms with van der Waals surface area (Å²) in [5.41, 5.74) is 1.48. The van der Waals surface area contributed by atoms with E-state index >= 15 is 0 Å². The quantitative estimate of drug-likeness (QED) is 0.407. The molecule has 3 aliphatic rings. The molecule has 120 valence electrons. The van der Waals surface area contributed by atoms with E-state index in [0.717, 1.165) is 41.7 Å². The maximum absolute atomic E-state index is 12.3. The fourth-order valence-electron chi connectivity index (χ4n) is 4.51. The van der Waals surface area contributed by atoms with Gasteiger partial charge in [-0.25, -0.2) is 0 Å². The number of unbranched alkanes of at least 4 members (excludes halogenated alkanes) is 1. The third-order valence-corrected chi connectivity index (χ3v) is 5.70. The van der Waals surface area contributed by atoms with Gasteiger partial charge in [-0.15, -0.1) is 0 Å². The van der Waals surface area contributed by atoms with Crippen LogP contribution in [0, 0.1) is 17.8 Å². The minimum Gasteiger partial charge on any atom is -0.275 e. The van der Waals surface area contributed by atoms with Gasteiger partial charge in [-0.05, 0) is 56.3 Å². The summed E-state index contributed by atoms with van der Waals surface area (Å²) in [6, 6.07) is 0. The fourth-order valence-corrected chi connectivity index (χ4v) is 4.51. The first-order chi connectivity index (χ1) is 10.7. The first-order valence-corrected chi connectivity index (χ1v) is 8.92. The number of imide groups is 1. The number of carbonyl (C=O) groups is 2. The molecule has 3 atom stereocenters. The van der Waals surface area contributed by atoms with Crippen molar-refractivity contribution in [1.29, 1.82) is 0 Å². The molecule has 3 heteroatoms. The molecule has 0 aromatic heterocycles. The molecule has 1 heterocycles. The Hall–Kier alpha value is -1.38. The number of carbonyl (C=O) groups excluding carboxylic acids is 2. The summed E-state index contributed by atoms with van der Waals surface area (Å²) >= 11 is 0. The Morgan fingerprint density at radius 1 is 1.00 bits per heavy atom. The summed E-state index contributed by atoms with van der Waals surface area (Å²) in [7, 11) is 0. The van der Waals surface area contributed by atoms with Crippen molar-refractivity contribution in [3.05, 3.63) is 23.3 Å². The van der Waals surface area contributed by atoms with E-state index in [1.807, 2.05) is 13.8 Å². The summed E-state index contributed by atoms with van der Waals surface area (Å²) in [5.74, 6) is 2.41. The van der Waals surface area contributed by atoms with Gasteiger partial charge in [0.15, 0.2) is 0 Å². The molecule has 1 fully saturated rings. The molecule has 0 saturated heterocycles. The Balaban J connectivity index is 1.45. The summed E-state index contributed by atoms with van der Waals surface area (Å²) in [5, 5.41) is 0. The van der Waals surface area contributed by atoms with Crippen LogP contribution in [0.2, 0.25) is 0 Å². The van der Waals surface area contributed by atoms with Gasteiger partial charge in [-0.3, -0.25) is 14.5 Å². The molecule has 0 aromatic rings. The molecule has 2 aliphatic carbocycles. The smallest absolute Gasteiger partial charge is 0.257 e. The van der Waals surface area contributed by atoms with Crippen LogP contribution in [-0.2, 0) is 9.59 Å². The number of rotatable bonds is 7. The highest BCUT2D eigenvalue weighted by Crippen LogP contribution is 2.45. The number of nitrogens with zero attached hydrogens (tertiary/aromatic N) is 1. The van der Waals surface area contributed by atoms with Crippen molar-refractivity contribution >= 4 is 11.8 Å². The molecule has 22 heavy (non-hydrogen) atoms. The van der Waals surface area contributed by atoms with Crippen molar-refractivity contribution in [3.63, 3.8) is 0 Å². The lowest BCUT2D eigenvalue weighted by Crippen LogP contribution is -2.32. The largest absolute Gasteiger partial charge is 0.275 e. The Labute approximate surface area is 133 Å². The SMILES string of the molecule is CCC1=C(CC)C(=O)N(CCCCC2CC3C=CC2C3)C1=O. The predicted molar refractivity (Wildman–Crippen MR) is 87.0 cm³/mol. The van der Waals surface area contributed by atoms with E-state index < -0.39 is 0 Å². The maximum atomic E-state index is 12.3. The Bertz CT molecular complexity index is 506. The number of hydrogen-bond acceptors (Lipinski definition) is 2. The molecular formula is C19H27NO2. The van der Waals surface area contributed by atoms with E-state index in [1.165, 1.54) is 24.2 Å². The molecule has 1 saturated carbocycles. The molecular weight excluding hydrogens is 274 g/mol. The first kappa shape index (κ1) is 15.5. The topological polar surface area (TPSA) is 37.4 Å². The van der Waals surface area contributed by atoms with Gasteiger partial charge in [-0.2, -0.15) is 0 Å². The second kappa shape index (κ2) is 6.39. The van der Waals surface area contributed by atoms with Crippen molar-refractivity contribution in [2.45, 2.75) is 58.8 Å². The van der Waals surface area contributed by atoms with Crippen LogP contribution in [0.4, 0.5) is 0 Å². The molecule has 3 unspecified atom stereocenters. The molecule has 0 aromatic carbocycles. The average Bonchev–Trinajstić information content (AvgIpc) is 3.18. The van der Waals surface area contributed by atoms with Crippen LogP contribution in [0.15, 0.2) is 23.3 Å². The van der Waals surface area contributed by atoms with Gasteiger partial charge in [0.2, 0.25) is 0 Å². The zero-order valence-electron chi connectivity index (χ0n) is 13.8. The summed E-state index contributed by atoms with van der Waals surface area (Å²) < 4.78 is 0. The highest BCUT2D eigenvalue weighted by molar-refractivity contribution is 6.19. The molecule has 0 N–H and O–H groups in total. The maximum Gasteiger partial charge on any atom is 0.257 e. The zero-order chi connectivity index (χ0) is 15.7. The van der Waals surface area contributed by atoms with Gasteiger partial charge in [0.1, 0.15) is 0 Å². The molecule has 2 bridgehead atoms. The summed E-state index contributed by atoms with van der Waals surface area (Å²) in [4.78, 5) is 26.1. The highest BCUT2D eigenvalue weighted by atomic mass is 16.2. The Morgan fingerprint density at radius 3 is 2.18 bits per heavy atom. The molecule has 3 rings (SSSR count). The van der Waals surface area contributed by atoms with E-state index in [-0.39, 0.29) is 11.8 Å². The lowest BCUT2D eigenvalue weighted by molar-refractivity contribution is -0.137. The minimum atomic E-state index is -0.0350. The predicted octanol–water partition coefficient (Wildman–Crippen LogP) is 3.85. The van der Waals surface area contributed by atoms with Crippen LogP contribution in [0.1, 0.15) is 58.8 Å². The summed E-state index contributed by atoms with van der Waals surface area (Å²) in [6.07, 6.45) is 12.1. The van der Waals surface area contributed by atoms with Gasteiger partial charge in [-0.1, -0.05) is 32.4 Å². The minimum absolute atomic E-state index is 0.0350. The van der Waals surface area contributed by atoms with Crippen LogP contribution in [0.3, 0.4) is 0 Å². The van der Waals surface area contributed by atoms with E-state index in [4.69, 9.17) is 0 Å². The van der Waals surface area contributed by atoms with Gasteiger partial charge in [0.05, 0.1) is 0 Å². The van der Waals surface area contributed by atoms with Crippen LogP contribution in [-0.4, -0.2) is 23.3 Å². The van der Waals surface area contributed by atoms with Crippen molar-refractivity contribution in [2.75, 3.05) is 6.54 Å². The van der Waals surface area contributed by atoms with Gasteiger partial charge < -0.3 is 0 Å². The van der Waals surface area contributed by atoms with Crippen LogP contribution < -0.4 is 0 Å². The Kier molecular flexibility index (Phi) is 4.51. The van der Waals surface area contributed by atoms with Gasteiger partial charge in [0, 0.05) is 17.7 Å². The third-order valence-electron chi connectivity index (χ3n) is 5.70. The van der Waals surface area contributed by atoms with E-state index in [9.17, 15) is 9.59 Å². The van der Waals surface area contributed by atoms with E-state index in [2.05, 4.69) is 12.2 Å². The molecule has 2 amide bonds. The van der Waals surface area contributed by atoms with Crippen LogP contribution in [0.5, 0.6) is 0 Å². The first-order valence-electron chi connectivity index (χ1n) is 8.92. The lowest BCUT2D eigenvalue weighted by atomic mass is 9.89. The summed E-state index contributed by atoms with van der Waals surface area (Å²) in [6.45, 7) is 4.52. The van der Waals surface area contributed by atoms with Crippen molar-refractivity contribution in [3.8, 4) is 0 Å². The van der Waals surface area contributed by atoms with Crippen molar-refractivity contribution < 1.29 is 9.59 Å². The molecule has 3 nitrogen and oxygen atoms in total. The third kappa shape index (κ3) is 2.66. The number of amides is 2. The van der Waals surface area contributed by atoms with Crippen LogP contribution >= 0.6 is 0 Å². The van der Waals surface area contributed by atoms with E-state index in [0.29, 0.717) is 19.4 Å². The molecule has 0 spiro atoms. The van der Waals surface area contributed by atoms with Gasteiger partial charge >= 0.3 is 0 Å². The van der Waals surface area contributed by atoms with Crippen molar-refractivity contribution in [2.24, 2.45) is 17.8 Å². The zero-order valence-corrected chi connectivity index (χ0v) is 13.8. The second-order valence-corrected chi connectivity index (χ2v) is 6.96. The van der Waals surface area contributed by atoms with Gasteiger partial charge in [0.25, 0.3) is 11.8 Å². The number of allylic oxidation sites excluding steroid dienone is 2. The average molecular weight is 301 g/mol. The highest BCUT2D eigenvalue weighted by Gasteiger charge is 2.36. The fraction of sp³-hybridized carbons (Fsp3) is 0.684. The second-order valence-electron chi connectivity index (χ2n) is 6.96. The normalized spacial score (nSPS) is 30.3. The van der Waals surface area contributed by atoms with E-state index in [1.54, 1.807) is 0 Å². The van der Waals surface area contributed by atoms with Crippen LogP contribution in [0.25, 0.3) is 0 Å². The Morgan fingerprint density at radius 2 is 1.68 bits per heavy atom. The van der Waals surface area contributed by atoms with Crippen molar-refractivity contribution in [1.82, 2.24) is 4.90 Å². The standard InChI is InChI=1S/C19H27NO2/c1-3-16-17(4-2)19(22)20(18(16)21)10-6-5-7-14-11-13-8-9-15(14)12-13/h8-9,13-15H,3-7,10-12H2,1-2H3. The lowest BCUT2D eigenvalue weighted by Gasteiger charge is -2.19. The molecule has 1 aliphatic heterocycles.